The van der Waals surface area contributed by atoms with Crippen LogP contribution in [0.4, 0.5) is 10.3 Å². The maximum Gasteiger partial charge on any atom is 0.222 e. The predicted octanol–water partition coefficient (Wildman–Crippen LogP) is 6.23. The van der Waals surface area contributed by atoms with Crippen molar-refractivity contribution in [3.05, 3.63) is 82.7 Å². The van der Waals surface area contributed by atoms with Gasteiger partial charge in [-0.05, 0) is 65.7 Å². The van der Waals surface area contributed by atoms with Gasteiger partial charge in [0.25, 0.3) is 0 Å². The van der Waals surface area contributed by atoms with Crippen LogP contribution >= 0.6 is 11.3 Å². The van der Waals surface area contributed by atoms with Crippen molar-refractivity contribution >= 4 is 27.4 Å². The fraction of sp³-hybridized carbons (Fsp3) is 0.312. The van der Waals surface area contributed by atoms with E-state index in [1.807, 2.05) is 11.4 Å². The highest BCUT2D eigenvalue weighted by Crippen LogP contribution is 2.39. The van der Waals surface area contributed by atoms with E-state index in [1.54, 1.807) is 23.6 Å². The molecule has 5 aromatic rings. The first kappa shape index (κ1) is 28.1. The average molecular weight is 585 g/mol. The fourth-order valence-corrected chi connectivity index (χ4v) is 5.92. The summed E-state index contributed by atoms with van der Waals surface area (Å²) in [4.78, 5) is 8.75. The summed E-state index contributed by atoms with van der Waals surface area (Å²) in [6, 6.07) is 15.0. The zero-order chi connectivity index (χ0) is 28.9. The Morgan fingerprint density at radius 2 is 1.90 bits per heavy atom. The Morgan fingerprint density at radius 1 is 1.00 bits per heavy atom. The Bertz CT molecular complexity index is 1690. The molecule has 2 aromatic carbocycles. The maximum absolute atomic E-state index is 14.3. The lowest BCUT2D eigenvalue weighted by Gasteiger charge is -2.18. The van der Waals surface area contributed by atoms with Crippen LogP contribution in [0.3, 0.4) is 0 Å². The molecule has 0 unspecified atom stereocenters. The first-order chi connectivity index (χ1) is 20.6. The summed E-state index contributed by atoms with van der Waals surface area (Å²) in [5, 5.41) is 19.0. The van der Waals surface area contributed by atoms with E-state index < -0.39 is 0 Å². The lowest BCUT2D eigenvalue weighted by Crippen LogP contribution is -2.23. The van der Waals surface area contributed by atoms with Gasteiger partial charge in [0.2, 0.25) is 5.95 Å². The van der Waals surface area contributed by atoms with Crippen LogP contribution in [0, 0.1) is 5.82 Å². The summed E-state index contributed by atoms with van der Waals surface area (Å²) < 4.78 is 27.0. The van der Waals surface area contributed by atoms with Crippen molar-refractivity contribution < 1.29 is 13.9 Å². The molecule has 0 radical (unpaired) electrons. The number of nitrogens with zero attached hydrogens (tertiary/aromatic N) is 4. The highest BCUT2D eigenvalue weighted by Gasteiger charge is 2.19. The van der Waals surface area contributed by atoms with Crippen molar-refractivity contribution in [1.29, 1.82) is 0 Å². The zero-order valence-corrected chi connectivity index (χ0v) is 24.5. The number of halogens is 1. The molecule has 0 aliphatic carbocycles. The van der Waals surface area contributed by atoms with Gasteiger partial charge >= 0.3 is 0 Å². The zero-order valence-electron chi connectivity index (χ0n) is 23.7. The van der Waals surface area contributed by atoms with Crippen molar-refractivity contribution in [2.24, 2.45) is 0 Å². The van der Waals surface area contributed by atoms with Gasteiger partial charge in [0.1, 0.15) is 29.6 Å². The first-order valence-electron chi connectivity index (χ1n) is 14.2. The molecule has 0 fully saturated rings. The molecular weight excluding hydrogens is 551 g/mol. The van der Waals surface area contributed by atoms with E-state index in [-0.39, 0.29) is 12.4 Å². The molecule has 6 rings (SSSR count). The molecule has 0 spiro atoms. The van der Waals surface area contributed by atoms with Gasteiger partial charge in [-0.2, -0.15) is 0 Å². The summed E-state index contributed by atoms with van der Waals surface area (Å²) in [7, 11) is 0. The van der Waals surface area contributed by atoms with E-state index in [1.165, 1.54) is 23.3 Å². The third kappa shape index (κ3) is 6.25. The maximum atomic E-state index is 14.3. The van der Waals surface area contributed by atoms with Crippen LogP contribution in [0.25, 0.3) is 32.6 Å². The minimum absolute atomic E-state index is 0.263. The number of anilines is 1. The van der Waals surface area contributed by atoms with Gasteiger partial charge in [-0.15, -0.1) is 21.5 Å². The normalized spacial score (nSPS) is 13.0. The highest BCUT2D eigenvalue weighted by molar-refractivity contribution is 7.17. The second kappa shape index (κ2) is 12.9. The summed E-state index contributed by atoms with van der Waals surface area (Å²) in [6.07, 6.45) is 2.75. The molecule has 1 aliphatic rings. The van der Waals surface area contributed by atoms with E-state index in [4.69, 9.17) is 9.47 Å². The minimum atomic E-state index is -0.377. The number of hydrogen-bond acceptors (Lipinski definition) is 9. The van der Waals surface area contributed by atoms with Crippen LogP contribution in [-0.4, -0.2) is 53.1 Å². The molecule has 1 aliphatic heterocycles. The number of benzene rings is 2. The molecule has 0 amide bonds. The van der Waals surface area contributed by atoms with E-state index >= 15 is 0 Å². The van der Waals surface area contributed by atoms with Crippen molar-refractivity contribution in [3.8, 4) is 28.3 Å². The lowest BCUT2D eigenvalue weighted by molar-refractivity contribution is 0.107. The number of rotatable bonds is 11. The molecule has 8 nitrogen and oxygen atoms in total. The molecule has 2 N–H and O–H groups in total. The Morgan fingerprint density at radius 3 is 2.81 bits per heavy atom. The number of thiophene rings is 1. The summed E-state index contributed by atoms with van der Waals surface area (Å²) >= 11 is 1.59. The monoisotopic (exact) mass is 584 g/mol. The van der Waals surface area contributed by atoms with E-state index in [9.17, 15) is 4.39 Å². The van der Waals surface area contributed by atoms with Crippen LogP contribution < -0.4 is 15.4 Å². The van der Waals surface area contributed by atoms with Crippen molar-refractivity contribution in [2.45, 2.75) is 32.7 Å². The second-order valence-corrected chi connectivity index (χ2v) is 11.4. The Balaban J connectivity index is 1.12. The van der Waals surface area contributed by atoms with Crippen molar-refractivity contribution in [3.63, 3.8) is 0 Å². The largest absolute Gasteiger partial charge is 0.490 e. The summed E-state index contributed by atoms with van der Waals surface area (Å²) in [5.41, 5.74) is 6.95. The molecular formula is C32H33FN6O2S. The fourth-order valence-electron chi connectivity index (χ4n) is 5.03. The number of fused-ring (bicyclic) bond motifs is 2. The van der Waals surface area contributed by atoms with Crippen LogP contribution in [0.5, 0.6) is 5.75 Å². The van der Waals surface area contributed by atoms with Crippen LogP contribution in [0.1, 0.15) is 36.6 Å². The second-order valence-electron chi connectivity index (χ2n) is 10.5. The van der Waals surface area contributed by atoms with Gasteiger partial charge in [-0.3, -0.25) is 0 Å². The Labute approximate surface area is 248 Å². The van der Waals surface area contributed by atoms with Crippen LogP contribution in [-0.2, 0) is 17.7 Å². The predicted molar refractivity (Wildman–Crippen MR) is 165 cm³/mol. The topological polar surface area (TPSA) is 94.1 Å². The van der Waals surface area contributed by atoms with E-state index in [0.717, 1.165) is 46.5 Å². The molecule has 0 atom stereocenters. The SMILES string of the molecule is CC(C)c1ccnc(NCCOCCOc2cc(F)ccc2-c2nnc(-c3ccc4c(c3)CCNC4)c3ccsc23)n1. The van der Waals surface area contributed by atoms with Gasteiger partial charge in [0.15, 0.2) is 0 Å². The quantitative estimate of drug-likeness (QED) is 0.177. The van der Waals surface area contributed by atoms with Gasteiger partial charge in [0, 0.05) is 47.6 Å². The van der Waals surface area contributed by atoms with E-state index in [2.05, 4.69) is 68.9 Å². The summed E-state index contributed by atoms with van der Waals surface area (Å²) in [5.74, 6) is 0.953. The number of hydrogen-bond donors (Lipinski definition) is 2. The van der Waals surface area contributed by atoms with Crippen LogP contribution in [0.2, 0.25) is 0 Å². The van der Waals surface area contributed by atoms with Gasteiger partial charge < -0.3 is 20.1 Å². The first-order valence-corrected chi connectivity index (χ1v) is 15.1. The standard InChI is InChI=1S/C32H33FN6O2S/c1-20(2)27-8-11-35-32(37-27)36-12-13-40-14-15-41-28-18-24(33)5-6-25(28)30-31-26(9-16-42-31)29(38-39-30)22-3-4-23-19-34-10-7-21(23)17-22/h3-6,8-9,11,16-18,20,34H,7,10,12-15,19H2,1-2H3,(H,35,36,37). The molecule has 216 valence electrons. The van der Waals surface area contributed by atoms with Crippen molar-refractivity contribution in [1.82, 2.24) is 25.5 Å². The van der Waals surface area contributed by atoms with Gasteiger partial charge in [0.05, 0.1) is 17.9 Å². The molecule has 10 heteroatoms. The smallest absolute Gasteiger partial charge is 0.222 e. The minimum Gasteiger partial charge on any atom is -0.490 e. The van der Waals surface area contributed by atoms with Gasteiger partial charge in [-0.1, -0.05) is 26.0 Å². The third-order valence-electron chi connectivity index (χ3n) is 7.23. The Kier molecular flexibility index (Phi) is 8.64. The number of nitrogens with one attached hydrogen (secondary N) is 2. The Hall–Kier alpha value is -3.99. The number of ether oxygens (including phenoxy) is 2. The molecule has 0 saturated heterocycles. The highest BCUT2D eigenvalue weighted by atomic mass is 32.1. The lowest BCUT2D eigenvalue weighted by atomic mass is 9.96. The third-order valence-corrected chi connectivity index (χ3v) is 8.15. The molecule has 0 saturated carbocycles. The van der Waals surface area contributed by atoms with Gasteiger partial charge in [-0.25, -0.2) is 14.4 Å². The molecule has 3 aromatic heterocycles. The number of aromatic nitrogens is 4. The molecule has 42 heavy (non-hydrogen) atoms. The average Bonchev–Trinajstić information content (AvgIpc) is 3.51. The van der Waals surface area contributed by atoms with E-state index in [0.29, 0.717) is 48.6 Å². The van der Waals surface area contributed by atoms with Crippen molar-refractivity contribution in [2.75, 3.05) is 38.2 Å². The molecule has 0 bridgehead atoms. The molecule has 4 heterocycles. The van der Waals surface area contributed by atoms with Crippen LogP contribution in [0.15, 0.2) is 60.1 Å². The summed E-state index contributed by atoms with van der Waals surface area (Å²) in [6.45, 7) is 7.69.